The van der Waals surface area contributed by atoms with Crippen LogP contribution in [0.3, 0.4) is 0 Å². The van der Waals surface area contributed by atoms with Gasteiger partial charge in [0.05, 0.1) is 12.3 Å². The number of carbonyl (C=O) groups excluding carboxylic acids is 2. The maximum absolute atomic E-state index is 11.4. The standard InChI is InChI=1S/C13H18N2O4S/c1-10(16)14-8-13(17)15-7-11-3-5-12(6-4-11)9-20(2,18)19/h3-6H,7-9H2,1-2H3,(H,14,16)(H,15,17). The maximum Gasteiger partial charge on any atom is 0.239 e. The monoisotopic (exact) mass is 298 g/mol. The van der Waals surface area contributed by atoms with Crippen molar-refractivity contribution in [3.05, 3.63) is 35.4 Å². The number of carbonyl (C=O) groups is 2. The summed E-state index contributed by atoms with van der Waals surface area (Å²) >= 11 is 0. The molecule has 0 aliphatic heterocycles. The Morgan fingerprint density at radius 2 is 1.60 bits per heavy atom. The fourth-order valence-electron chi connectivity index (χ4n) is 1.52. The van der Waals surface area contributed by atoms with Crippen LogP contribution in [-0.2, 0) is 31.7 Å². The highest BCUT2D eigenvalue weighted by Gasteiger charge is 2.05. The van der Waals surface area contributed by atoms with E-state index >= 15 is 0 Å². The molecule has 1 aromatic carbocycles. The van der Waals surface area contributed by atoms with Gasteiger partial charge in [-0.25, -0.2) is 8.42 Å². The van der Waals surface area contributed by atoms with Crippen LogP contribution < -0.4 is 10.6 Å². The number of rotatable bonds is 6. The summed E-state index contributed by atoms with van der Waals surface area (Å²) in [5, 5.41) is 5.05. The number of amides is 2. The van der Waals surface area contributed by atoms with E-state index in [9.17, 15) is 18.0 Å². The highest BCUT2D eigenvalue weighted by Crippen LogP contribution is 2.07. The summed E-state index contributed by atoms with van der Waals surface area (Å²) < 4.78 is 22.3. The van der Waals surface area contributed by atoms with E-state index in [2.05, 4.69) is 10.6 Å². The molecule has 0 saturated heterocycles. The number of hydrogen-bond acceptors (Lipinski definition) is 4. The van der Waals surface area contributed by atoms with Gasteiger partial charge in [0.25, 0.3) is 0 Å². The molecule has 0 saturated carbocycles. The first-order valence-electron chi connectivity index (χ1n) is 6.03. The molecule has 2 amide bonds. The third kappa shape index (κ3) is 6.89. The van der Waals surface area contributed by atoms with E-state index in [-0.39, 0.29) is 24.1 Å². The summed E-state index contributed by atoms with van der Waals surface area (Å²) in [7, 11) is -3.04. The van der Waals surface area contributed by atoms with Crippen LogP contribution in [0.25, 0.3) is 0 Å². The van der Waals surface area contributed by atoms with Crippen LogP contribution in [0.1, 0.15) is 18.1 Å². The van der Waals surface area contributed by atoms with Crippen molar-refractivity contribution in [2.24, 2.45) is 0 Å². The maximum atomic E-state index is 11.4. The molecule has 6 nitrogen and oxygen atoms in total. The summed E-state index contributed by atoms with van der Waals surface area (Å²) in [4.78, 5) is 22.0. The third-order valence-electron chi connectivity index (χ3n) is 2.44. The van der Waals surface area contributed by atoms with Gasteiger partial charge in [0.1, 0.15) is 0 Å². The van der Waals surface area contributed by atoms with Gasteiger partial charge in [-0.3, -0.25) is 9.59 Å². The minimum atomic E-state index is -3.04. The average Bonchev–Trinajstić information content (AvgIpc) is 2.33. The third-order valence-corrected chi connectivity index (χ3v) is 3.30. The molecule has 0 aliphatic rings. The van der Waals surface area contributed by atoms with Crippen LogP contribution in [0, 0.1) is 0 Å². The highest BCUT2D eigenvalue weighted by atomic mass is 32.2. The van der Waals surface area contributed by atoms with Crippen LogP contribution in [0.5, 0.6) is 0 Å². The predicted molar refractivity (Wildman–Crippen MR) is 75.5 cm³/mol. The average molecular weight is 298 g/mol. The fraction of sp³-hybridized carbons (Fsp3) is 0.385. The second-order valence-corrected chi connectivity index (χ2v) is 6.71. The van der Waals surface area contributed by atoms with E-state index in [1.165, 1.54) is 13.2 Å². The van der Waals surface area contributed by atoms with Gasteiger partial charge in [-0.2, -0.15) is 0 Å². The molecule has 20 heavy (non-hydrogen) atoms. The Morgan fingerprint density at radius 3 is 2.10 bits per heavy atom. The first-order valence-corrected chi connectivity index (χ1v) is 8.09. The van der Waals surface area contributed by atoms with Gasteiger partial charge in [0.2, 0.25) is 11.8 Å². The molecule has 0 fully saturated rings. The van der Waals surface area contributed by atoms with Gasteiger partial charge in [0.15, 0.2) is 9.84 Å². The van der Waals surface area contributed by atoms with Crippen molar-refractivity contribution < 1.29 is 18.0 Å². The molecule has 1 rings (SSSR count). The molecule has 2 N–H and O–H groups in total. The lowest BCUT2D eigenvalue weighted by Crippen LogP contribution is -2.35. The molecule has 0 radical (unpaired) electrons. The zero-order valence-electron chi connectivity index (χ0n) is 11.5. The lowest BCUT2D eigenvalue weighted by molar-refractivity contribution is -0.125. The Labute approximate surface area is 118 Å². The molecule has 0 aliphatic carbocycles. The second-order valence-electron chi connectivity index (χ2n) is 4.57. The van der Waals surface area contributed by atoms with Crippen molar-refractivity contribution in [2.75, 3.05) is 12.8 Å². The first kappa shape index (κ1) is 16.2. The Hall–Kier alpha value is -1.89. The largest absolute Gasteiger partial charge is 0.350 e. The van der Waals surface area contributed by atoms with Crippen LogP contribution in [0.2, 0.25) is 0 Å². The zero-order chi connectivity index (χ0) is 15.2. The number of sulfone groups is 1. The topological polar surface area (TPSA) is 92.3 Å². The molecule has 0 aromatic heterocycles. The molecule has 110 valence electrons. The second kappa shape index (κ2) is 7.04. The van der Waals surface area contributed by atoms with Crippen molar-refractivity contribution in [1.29, 1.82) is 0 Å². The number of nitrogens with one attached hydrogen (secondary N) is 2. The lowest BCUT2D eigenvalue weighted by atomic mass is 10.1. The van der Waals surface area contributed by atoms with Crippen LogP contribution in [0.15, 0.2) is 24.3 Å². The highest BCUT2D eigenvalue weighted by molar-refractivity contribution is 7.89. The zero-order valence-corrected chi connectivity index (χ0v) is 12.3. The van der Waals surface area contributed by atoms with Crippen molar-refractivity contribution >= 4 is 21.7 Å². The van der Waals surface area contributed by atoms with E-state index in [4.69, 9.17) is 0 Å². The summed E-state index contributed by atoms with van der Waals surface area (Å²) in [6.07, 6.45) is 1.18. The smallest absolute Gasteiger partial charge is 0.239 e. The minimum Gasteiger partial charge on any atom is -0.350 e. The van der Waals surface area contributed by atoms with E-state index < -0.39 is 9.84 Å². The summed E-state index contributed by atoms with van der Waals surface area (Å²) in [5.41, 5.74) is 1.57. The lowest BCUT2D eigenvalue weighted by Gasteiger charge is -2.06. The van der Waals surface area contributed by atoms with Crippen LogP contribution >= 0.6 is 0 Å². The van der Waals surface area contributed by atoms with Crippen molar-refractivity contribution in [2.45, 2.75) is 19.2 Å². The first-order chi connectivity index (χ1) is 9.26. The Morgan fingerprint density at radius 1 is 1.05 bits per heavy atom. The van der Waals surface area contributed by atoms with Crippen molar-refractivity contribution in [3.8, 4) is 0 Å². The van der Waals surface area contributed by atoms with Gasteiger partial charge in [-0.05, 0) is 11.1 Å². The van der Waals surface area contributed by atoms with Gasteiger partial charge in [-0.1, -0.05) is 24.3 Å². The minimum absolute atomic E-state index is 0.00215. The van der Waals surface area contributed by atoms with Crippen molar-refractivity contribution in [1.82, 2.24) is 10.6 Å². The predicted octanol–water partition coefficient (Wildman–Crippen LogP) is -0.0165. The Bertz CT molecular complexity index is 579. The van der Waals surface area contributed by atoms with Gasteiger partial charge in [0, 0.05) is 19.7 Å². The van der Waals surface area contributed by atoms with Crippen molar-refractivity contribution in [3.63, 3.8) is 0 Å². The van der Waals surface area contributed by atoms with E-state index in [1.54, 1.807) is 24.3 Å². The molecule has 0 unspecified atom stereocenters. The summed E-state index contributed by atoms with van der Waals surface area (Å²) in [6.45, 7) is 1.62. The molecule has 0 bridgehead atoms. The summed E-state index contributed by atoms with van der Waals surface area (Å²) in [5.74, 6) is -0.534. The van der Waals surface area contributed by atoms with Crippen LogP contribution in [0.4, 0.5) is 0 Å². The molecule has 0 spiro atoms. The molecule has 0 heterocycles. The van der Waals surface area contributed by atoms with E-state index in [0.717, 1.165) is 5.56 Å². The molecule has 7 heteroatoms. The number of hydrogen-bond donors (Lipinski definition) is 2. The molecular formula is C13H18N2O4S. The van der Waals surface area contributed by atoms with Crippen LogP contribution in [-0.4, -0.2) is 33.0 Å². The summed E-state index contributed by atoms with van der Waals surface area (Å²) in [6, 6.07) is 6.96. The fourth-order valence-corrected chi connectivity index (χ4v) is 2.32. The molecule has 0 atom stereocenters. The molecule has 1 aromatic rings. The van der Waals surface area contributed by atoms with Gasteiger partial charge in [-0.15, -0.1) is 0 Å². The van der Waals surface area contributed by atoms with E-state index in [1.807, 2.05) is 0 Å². The van der Waals surface area contributed by atoms with Gasteiger partial charge >= 0.3 is 0 Å². The quantitative estimate of drug-likeness (QED) is 0.772. The van der Waals surface area contributed by atoms with Gasteiger partial charge < -0.3 is 10.6 Å². The molecular weight excluding hydrogens is 280 g/mol. The Balaban J connectivity index is 2.46. The van der Waals surface area contributed by atoms with E-state index in [0.29, 0.717) is 12.1 Å². The normalized spacial score (nSPS) is 10.9. The SMILES string of the molecule is CC(=O)NCC(=O)NCc1ccc(CS(C)(=O)=O)cc1. The Kier molecular flexibility index (Phi) is 5.69. The number of benzene rings is 1.